The molecule has 152 valence electrons. The summed E-state index contributed by atoms with van der Waals surface area (Å²) < 4.78 is 0. The van der Waals surface area contributed by atoms with E-state index in [1.165, 1.54) is 19.3 Å². The Morgan fingerprint density at radius 1 is 1.00 bits per heavy atom. The fraction of sp³-hybridized carbons (Fsp3) is 0.652. The predicted octanol–water partition coefficient (Wildman–Crippen LogP) is 2.36. The second-order valence-electron chi connectivity index (χ2n) is 9.01. The zero-order valence-electron chi connectivity index (χ0n) is 17.0. The van der Waals surface area contributed by atoms with Crippen LogP contribution in [-0.2, 0) is 16.0 Å². The average Bonchev–Trinajstić information content (AvgIpc) is 2.69. The Balaban J connectivity index is 1.30. The van der Waals surface area contributed by atoms with Crippen LogP contribution in [0.3, 0.4) is 0 Å². The second-order valence-corrected chi connectivity index (χ2v) is 9.01. The molecule has 2 bridgehead atoms. The molecule has 4 rings (SSSR count). The summed E-state index contributed by atoms with van der Waals surface area (Å²) in [5.41, 5.74) is 8.63. The SMILES string of the molecule is Cc1ccccc1CC(=O)N1CCN(C(=O)C2CC3CCCC(C2)C3N)CC1. The Morgan fingerprint density at radius 3 is 2.25 bits per heavy atom. The molecule has 0 spiro atoms. The smallest absolute Gasteiger partial charge is 0.227 e. The molecule has 0 aromatic heterocycles. The second kappa shape index (κ2) is 8.24. The monoisotopic (exact) mass is 383 g/mol. The number of hydrogen-bond acceptors (Lipinski definition) is 3. The number of amides is 2. The minimum Gasteiger partial charge on any atom is -0.339 e. The molecule has 1 saturated heterocycles. The Kier molecular flexibility index (Phi) is 5.72. The summed E-state index contributed by atoms with van der Waals surface area (Å²) in [6, 6.07) is 8.36. The molecule has 2 amide bonds. The lowest BCUT2D eigenvalue weighted by Gasteiger charge is -2.45. The van der Waals surface area contributed by atoms with Crippen molar-refractivity contribution in [2.45, 2.75) is 51.5 Å². The van der Waals surface area contributed by atoms with Gasteiger partial charge in [-0.05, 0) is 55.6 Å². The lowest BCUT2D eigenvalue weighted by Crippen LogP contribution is -2.54. The number of piperazine rings is 1. The molecule has 28 heavy (non-hydrogen) atoms. The maximum absolute atomic E-state index is 13.1. The van der Waals surface area contributed by atoms with Crippen LogP contribution in [0.1, 0.15) is 43.2 Å². The highest BCUT2D eigenvalue weighted by Gasteiger charge is 2.42. The maximum Gasteiger partial charge on any atom is 0.227 e. The van der Waals surface area contributed by atoms with Crippen LogP contribution >= 0.6 is 0 Å². The number of benzene rings is 1. The molecule has 3 aliphatic rings. The van der Waals surface area contributed by atoms with Crippen molar-refractivity contribution in [2.24, 2.45) is 23.5 Å². The topological polar surface area (TPSA) is 66.6 Å². The van der Waals surface area contributed by atoms with Crippen molar-refractivity contribution in [3.63, 3.8) is 0 Å². The van der Waals surface area contributed by atoms with Gasteiger partial charge in [0.2, 0.25) is 11.8 Å². The molecule has 2 N–H and O–H groups in total. The van der Waals surface area contributed by atoms with Gasteiger partial charge in [0.25, 0.3) is 0 Å². The maximum atomic E-state index is 13.1. The third kappa shape index (κ3) is 3.95. The summed E-state index contributed by atoms with van der Waals surface area (Å²) in [5, 5.41) is 0. The summed E-state index contributed by atoms with van der Waals surface area (Å²) in [5.74, 6) is 1.66. The van der Waals surface area contributed by atoms with Crippen molar-refractivity contribution in [1.82, 2.24) is 9.80 Å². The van der Waals surface area contributed by atoms with Gasteiger partial charge in [-0.15, -0.1) is 0 Å². The fourth-order valence-electron chi connectivity index (χ4n) is 5.51. The molecule has 1 aliphatic heterocycles. The van der Waals surface area contributed by atoms with Crippen molar-refractivity contribution in [3.05, 3.63) is 35.4 Å². The number of fused-ring (bicyclic) bond motifs is 2. The third-order valence-electron chi connectivity index (χ3n) is 7.31. The number of rotatable bonds is 3. The number of nitrogens with zero attached hydrogens (tertiary/aromatic N) is 2. The molecule has 2 unspecified atom stereocenters. The Bertz CT molecular complexity index is 712. The molecule has 2 saturated carbocycles. The predicted molar refractivity (Wildman–Crippen MR) is 110 cm³/mol. The van der Waals surface area contributed by atoms with Crippen molar-refractivity contribution in [3.8, 4) is 0 Å². The van der Waals surface area contributed by atoms with E-state index in [1.54, 1.807) is 0 Å². The molecule has 5 nitrogen and oxygen atoms in total. The summed E-state index contributed by atoms with van der Waals surface area (Å²) in [4.78, 5) is 29.7. The van der Waals surface area contributed by atoms with Gasteiger partial charge < -0.3 is 15.5 Å². The van der Waals surface area contributed by atoms with Crippen LogP contribution in [0, 0.1) is 24.7 Å². The minimum atomic E-state index is 0.143. The molecular weight excluding hydrogens is 350 g/mol. The molecule has 2 aliphatic carbocycles. The van der Waals surface area contributed by atoms with E-state index in [2.05, 4.69) is 0 Å². The van der Waals surface area contributed by atoms with Crippen LogP contribution in [0.2, 0.25) is 0 Å². The summed E-state index contributed by atoms with van der Waals surface area (Å²) in [7, 11) is 0. The van der Waals surface area contributed by atoms with Crippen molar-refractivity contribution in [1.29, 1.82) is 0 Å². The zero-order valence-corrected chi connectivity index (χ0v) is 17.0. The van der Waals surface area contributed by atoms with Crippen LogP contribution in [0.5, 0.6) is 0 Å². The fourth-order valence-corrected chi connectivity index (χ4v) is 5.51. The number of carbonyl (C=O) groups excluding carboxylic acids is 2. The van der Waals surface area contributed by atoms with Crippen molar-refractivity contribution in [2.75, 3.05) is 26.2 Å². The molecule has 1 heterocycles. The van der Waals surface area contributed by atoms with Gasteiger partial charge >= 0.3 is 0 Å². The van der Waals surface area contributed by atoms with Crippen molar-refractivity contribution >= 4 is 11.8 Å². The first-order valence-electron chi connectivity index (χ1n) is 10.9. The van der Waals surface area contributed by atoms with Gasteiger partial charge in [-0.2, -0.15) is 0 Å². The van der Waals surface area contributed by atoms with E-state index in [0.29, 0.717) is 56.4 Å². The van der Waals surface area contributed by atoms with Gasteiger partial charge in [-0.1, -0.05) is 30.7 Å². The van der Waals surface area contributed by atoms with Crippen LogP contribution in [0.25, 0.3) is 0 Å². The highest BCUT2D eigenvalue weighted by atomic mass is 16.2. The highest BCUT2D eigenvalue weighted by Crippen LogP contribution is 2.42. The molecule has 5 heteroatoms. The minimum absolute atomic E-state index is 0.143. The third-order valence-corrected chi connectivity index (χ3v) is 7.31. The van der Waals surface area contributed by atoms with Gasteiger partial charge in [0.05, 0.1) is 6.42 Å². The number of carbonyl (C=O) groups is 2. The number of aryl methyl sites for hydroxylation is 1. The largest absolute Gasteiger partial charge is 0.339 e. The van der Waals surface area contributed by atoms with Crippen LogP contribution in [-0.4, -0.2) is 53.8 Å². The highest BCUT2D eigenvalue weighted by molar-refractivity contribution is 5.81. The lowest BCUT2D eigenvalue weighted by molar-refractivity contribution is -0.144. The quantitative estimate of drug-likeness (QED) is 0.871. The first-order chi connectivity index (χ1) is 13.5. The molecule has 0 radical (unpaired) electrons. The summed E-state index contributed by atoms with van der Waals surface area (Å²) in [6.07, 6.45) is 6.01. The van der Waals surface area contributed by atoms with E-state index in [-0.39, 0.29) is 11.8 Å². The average molecular weight is 384 g/mol. The number of nitrogens with two attached hydrogens (primary N) is 1. The number of hydrogen-bond donors (Lipinski definition) is 1. The van der Waals surface area contributed by atoms with Gasteiger partial charge in [0.15, 0.2) is 0 Å². The van der Waals surface area contributed by atoms with Crippen molar-refractivity contribution < 1.29 is 9.59 Å². The van der Waals surface area contributed by atoms with Gasteiger partial charge in [0, 0.05) is 38.1 Å². The zero-order chi connectivity index (χ0) is 19.7. The van der Waals surface area contributed by atoms with Gasteiger partial charge in [-0.25, -0.2) is 0 Å². The standard InChI is InChI=1S/C23H33N3O2/c1-16-5-2-3-6-17(16)15-21(27)25-9-11-26(12-10-25)23(28)20-13-18-7-4-8-19(14-20)22(18)24/h2-3,5-6,18-20,22H,4,7-15,24H2,1H3. The van der Waals surface area contributed by atoms with E-state index in [9.17, 15) is 9.59 Å². The van der Waals surface area contributed by atoms with Crippen LogP contribution in [0.15, 0.2) is 24.3 Å². The first kappa shape index (κ1) is 19.4. The van der Waals surface area contributed by atoms with E-state index in [1.807, 2.05) is 41.0 Å². The molecular formula is C23H33N3O2. The van der Waals surface area contributed by atoms with E-state index >= 15 is 0 Å². The summed E-state index contributed by atoms with van der Waals surface area (Å²) >= 11 is 0. The summed E-state index contributed by atoms with van der Waals surface area (Å²) in [6.45, 7) is 4.67. The first-order valence-corrected chi connectivity index (χ1v) is 10.9. The van der Waals surface area contributed by atoms with Crippen LogP contribution < -0.4 is 5.73 Å². The normalized spacial score (nSPS) is 30.2. The Morgan fingerprint density at radius 2 is 1.61 bits per heavy atom. The molecule has 2 atom stereocenters. The molecule has 1 aromatic rings. The molecule has 1 aromatic carbocycles. The molecule has 3 fully saturated rings. The van der Waals surface area contributed by atoms with Crippen LogP contribution in [0.4, 0.5) is 0 Å². The lowest BCUT2D eigenvalue weighted by atomic mass is 9.65. The van der Waals surface area contributed by atoms with Gasteiger partial charge in [0.1, 0.15) is 0 Å². The Hall–Kier alpha value is -1.88. The van der Waals surface area contributed by atoms with E-state index in [4.69, 9.17) is 5.73 Å². The van der Waals surface area contributed by atoms with Gasteiger partial charge in [-0.3, -0.25) is 9.59 Å². The van der Waals surface area contributed by atoms with E-state index < -0.39 is 0 Å². The van der Waals surface area contributed by atoms with E-state index in [0.717, 1.165) is 24.0 Å². The Labute approximate surface area is 168 Å².